The summed E-state index contributed by atoms with van der Waals surface area (Å²) >= 11 is 0. The van der Waals surface area contributed by atoms with Gasteiger partial charge in [-0.05, 0) is 5.92 Å². The Bertz CT molecular complexity index is 46.5. The molecule has 0 unspecified atom stereocenters. The second-order valence-corrected chi connectivity index (χ2v) is 2.89. The Kier molecular flexibility index (Phi) is 11.7. The third kappa shape index (κ3) is 11.9. The van der Waals surface area contributed by atoms with Gasteiger partial charge in [-0.25, -0.2) is 0 Å². The number of hydrogen-bond acceptors (Lipinski definition) is 0. The van der Waals surface area contributed by atoms with E-state index in [1.165, 1.54) is 25.7 Å². The molecule has 0 saturated carbocycles. The maximum Gasteiger partial charge on any atom is 1.00 e. The summed E-state index contributed by atoms with van der Waals surface area (Å²) in [6, 6.07) is 0. The van der Waals surface area contributed by atoms with Crippen LogP contribution in [0, 0.1) is 5.92 Å². The first-order chi connectivity index (χ1) is 3.77. The van der Waals surface area contributed by atoms with Gasteiger partial charge in [-0.15, -0.1) is 0 Å². The van der Waals surface area contributed by atoms with Crippen LogP contribution >= 0.6 is 0 Å². The predicted molar refractivity (Wildman–Crippen MR) is 40.1 cm³/mol. The summed E-state index contributed by atoms with van der Waals surface area (Å²) in [5.74, 6) is 0.904. The average Bonchev–Trinajstić information content (AvgIpc) is 1.66. The van der Waals surface area contributed by atoms with E-state index >= 15 is 0 Å². The van der Waals surface area contributed by atoms with Crippen LogP contribution < -0.4 is 18.9 Å². The van der Waals surface area contributed by atoms with E-state index in [4.69, 9.17) is 0 Å². The first-order valence-corrected chi connectivity index (χ1v) is 3.77. The van der Waals surface area contributed by atoms with Gasteiger partial charge in [0.2, 0.25) is 0 Å². The van der Waals surface area contributed by atoms with Gasteiger partial charge in [0.1, 0.15) is 0 Å². The maximum atomic E-state index is 2.29. The van der Waals surface area contributed by atoms with Crippen LogP contribution in [-0.2, 0) is 0 Å². The zero-order valence-corrected chi connectivity index (χ0v) is 7.41. The van der Waals surface area contributed by atoms with E-state index in [9.17, 15) is 0 Å². The molecule has 0 fully saturated rings. The minimum atomic E-state index is 0. The molecule has 0 saturated heterocycles. The molecule has 1 heteroatoms. The number of unbranched alkanes of at least 4 members (excludes halogenated alkanes) is 2. The van der Waals surface area contributed by atoms with Crippen molar-refractivity contribution in [1.82, 2.24) is 0 Å². The zero-order valence-electron chi connectivity index (χ0n) is 8.41. The van der Waals surface area contributed by atoms with Crippen molar-refractivity contribution in [2.45, 2.75) is 46.5 Å². The molecule has 0 aliphatic carbocycles. The van der Waals surface area contributed by atoms with Crippen LogP contribution in [0.15, 0.2) is 0 Å². The summed E-state index contributed by atoms with van der Waals surface area (Å²) in [7, 11) is 0. The molecule has 0 nitrogen and oxygen atoms in total. The summed E-state index contributed by atoms with van der Waals surface area (Å²) in [6.07, 6.45) is 5.60. The van der Waals surface area contributed by atoms with Crippen LogP contribution in [0.4, 0.5) is 0 Å². The molecule has 0 aromatic heterocycles. The molecule has 0 aliphatic heterocycles. The SMILES string of the molecule is CCCCCC(C)C.[H-].[Li+]. The van der Waals surface area contributed by atoms with Gasteiger partial charge in [0.05, 0.1) is 0 Å². The van der Waals surface area contributed by atoms with E-state index in [-0.39, 0.29) is 20.3 Å². The Hall–Kier alpha value is 0.597. The van der Waals surface area contributed by atoms with Crippen molar-refractivity contribution >= 4 is 0 Å². The zero-order chi connectivity index (χ0) is 6.41. The summed E-state index contributed by atoms with van der Waals surface area (Å²) in [5.41, 5.74) is 0. The fourth-order valence-corrected chi connectivity index (χ4v) is 0.803. The van der Waals surface area contributed by atoms with Crippen molar-refractivity contribution in [2.24, 2.45) is 5.92 Å². The molecule has 0 bridgehead atoms. The summed E-state index contributed by atoms with van der Waals surface area (Å²) < 4.78 is 0. The first kappa shape index (κ1) is 12.3. The Morgan fingerprint density at radius 3 is 2.11 bits per heavy atom. The van der Waals surface area contributed by atoms with E-state index in [1.54, 1.807) is 0 Å². The average molecular weight is 122 g/mol. The first-order valence-electron chi connectivity index (χ1n) is 3.77. The Balaban J connectivity index is -0.000000245. The van der Waals surface area contributed by atoms with Crippen molar-refractivity contribution in [3.8, 4) is 0 Å². The van der Waals surface area contributed by atoms with Gasteiger partial charge in [-0.2, -0.15) is 0 Å². The molecule has 0 N–H and O–H groups in total. The molecule has 0 heterocycles. The topological polar surface area (TPSA) is 0 Å². The molecule has 0 spiro atoms. The maximum absolute atomic E-state index is 2.29. The normalized spacial score (nSPS) is 9.33. The molecule has 0 atom stereocenters. The Labute approximate surface area is 73.1 Å². The molecule has 0 aliphatic rings. The summed E-state index contributed by atoms with van der Waals surface area (Å²) in [5, 5.41) is 0. The van der Waals surface area contributed by atoms with E-state index in [0.29, 0.717) is 0 Å². The molecule has 0 aromatic rings. The standard InChI is InChI=1S/C8H18.Li.H/c1-4-5-6-7-8(2)3;;/h8H,4-7H2,1-3H3;;/q;+1;-1. The smallest absolute Gasteiger partial charge is 1.00 e. The number of hydrogen-bond donors (Lipinski definition) is 0. The third-order valence-corrected chi connectivity index (χ3v) is 1.39. The van der Waals surface area contributed by atoms with E-state index in [0.717, 1.165) is 5.92 Å². The van der Waals surface area contributed by atoms with E-state index in [1.807, 2.05) is 0 Å². The minimum absolute atomic E-state index is 0. The van der Waals surface area contributed by atoms with Gasteiger partial charge in [0.15, 0.2) is 0 Å². The second kappa shape index (κ2) is 8.60. The van der Waals surface area contributed by atoms with Crippen molar-refractivity contribution in [3.05, 3.63) is 0 Å². The molecular weight excluding hydrogens is 103 g/mol. The van der Waals surface area contributed by atoms with Crippen LogP contribution in [0.3, 0.4) is 0 Å². The fourth-order valence-electron chi connectivity index (χ4n) is 0.803. The quantitative estimate of drug-likeness (QED) is 0.372. The van der Waals surface area contributed by atoms with Crippen LogP contribution in [0.25, 0.3) is 0 Å². The second-order valence-electron chi connectivity index (χ2n) is 2.89. The minimum Gasteiger partial charge on any atom is -1.00 e. The molecule has 9 heavy (non-hydrogen) atoms. The van der Waals surface area contributed by atoms with Crippen LogP contribution in [0.2, 0.25) is 0 Å². The summed E-state index contributed by atoms with van der Waals surface area (Å²) in [6.45, 7) is 6.83. The third-order valence-electron chi connectivity index (χ3n) is 1.39. The molecule has 0 aromatic carbocycles. The van der Waals surface area contributed by atoms with Gasteiger partial charge in [-0.3, -0.25) is 0 Å². The fraction of sp³-hybridized carbons (Fsp3) is 1.00. The Morgan fingerprint density at radius 2 is 1.78 bits per heavy atom. The van der Waals surface area contributed by atoms with E-state index < -0.39 is 0 Å². The van der Waals surface area contributed by atoms with Crippen LogP contribution in [-0.4, -0.2) is 0 Å². The van der Waals surface area contributed by atoms with Crippen LogP contribution in [0.1, 0.15) is 47.9 Å². The van der Waals surface area contributed by atoms with Crippen molar-refractivity contribution in [3.63, 3.8) is 0 Å². The molecule has 52 valence electrons. The molecule has 0 radical (unpaired) electrons. The van der Waals surface area contributed by atoms with Gasteiger partial charge < -0.3 is 1.43 Å². The van der Waals surface area contributed by atoms with Gasteiger partial charge in [0, 0.05) is 0 Å². The van der Waals surface area contributed by atoms with Gasteiger partial charge in [0.25, 0.3) is 0 Å². The Morgan fingerprint density at radius 1 is 1.22 bits per heavy atom. The predicted octanol–water partition coefficient (Wildman–Crippen LogP) is 0.339. The van der Waals surface area contributed by atoms with E-state index in [2.05, 4.69) is 20.8 Å². The molecule has 0 rings (SSSR count). The van der Waals surface area contributed by atoms with Gasteiger partial charge in [-0.1, -0.05) is 46.5 Å². The monoisotopic (exact) mass is 122 g/mol. The van der Waals surface area contributed by atoms with Gasteiger partial charge >= 0.3 is 18.9 Å². The molecular formula is C8H19Li. The number of rotatable bonds is 4. The summed E-state index contributed by atoms with van der Waals surface area (Å²) in [4.78, 5) is 0. The van der Waals surface area contributed by atoms with Crippen LogP contribution in [0.5, 0.6) is 0 Å². The largest absolute Gasteiger partial charge is 1.00 e. The van der Waals surface area contributed by atoms with Crippen molar-refractivity contribution in [1.29, 1.82) is 0 Å². The molecule has 0 amide bonds. The van der Waals surface area contributed by atoms with Crippen molar-refractivity contribution < 1.29 is 20.3 Å². The van der Waals surface area contributed by atoms with Crippen molar-refractivity contribution in [2.75, 3.05) is 0 Å².